The number of hydrogen-bond acceptors (Lipinski definition) is 2. The molecule has 5 heteroatoms. The third-order valence-electron chi connectivity index (χ3n) is 4.09. The number of halogens is 3. The van der Waals surface area contributed by atoms with Crippen molar-refractivity contribution in [3.8, 4) is 5.75 Å². The Hall–Kier alpha value is -1.88. The van der Waals surface area contributed by atoms with E-state index in [-0.39, 0.29) is 18.2 Å². The number of nitrogens with one attached hydrogen (secondary N) is 1. The van der Waals surface area contributed by atoms with Crippen LogP contribution in [-0.4, -0.2) is 6.54 Å². The Morgan fingerprint density at radius 3 is 2.37 bits per heavy atom. The van der Waals surface area contributed by atoms with Crippen LogP contribution in [0.3, 0.4) is 0 Å². The topological polar surface area (TPSA) is 21.3 Å². The van der Waals surface area contributed by atoms with Crippen LogP contribution in [0.5, 0.6) is 5.75 Å². The molecule has 3 aromatic carbocycles. The molecule has 0 heterocycles. The van der Waals surface area contributed by atoms with E-state index in [0.717, 1.165) is 40.0 Å². The minimum atomic E-state index is -0.142. The van der Waals surface area contributed by atoms with Gasteiger partial charge in [0.05, 0.1) is 4.47 Å². The van der Waals surface area contributed by atoms with E-state index in [1.807, 2.05) is 54.6 Å². The summed E-state index contributed by atoms with van der Waals surface area (Å²) >= 11 is 3.57. The lowest BCUT2D eigenvalue weighted by Crippen LogP contribution is -2.17. The third kappa shape index (κ3) is 6.65. The van der Waals surface area contributed by atoms with Crippen molar-refractivity contribution in [3.05, 3.63) is 99.8 Å². The van der Waals surface area contributed by atoms with Crippen LogP contribution in [0, 0.1) is 5.82 Å². The van der Waals surface area contributed by atoms with Crippen LogP contribution in [-0.2, 0) is 19.6 Å². The first-order valence-corrected chi connectivity index (χ1v) is 9.41. The Kier molecular flexibility index (Phi) is 8.79. The highest BCUT2D eigenvalue weighted by molar-refractivity contribution is 9.10. The molecule has 0 spiro atoms. The van der Waals surface area contributed by atoms with E-state index < -0.39 is 0 Å². The van der Waals surface area contributed by atoms with Crippen LogP contribution >= 0.6 is 28.3 Å². The fourth-order valence-corrected chi connectivity index (χ4v) is 3.20. The molecule has 0 atom stereocenters. The quantitative estimate of drug-likeness (QED) is 0.430. The van der Waals surface area contributed by atoms with E-state index in [2.05, 4.69) is 27.3 Å². The predicted molar refractivity (Wildman–Crippen MR) is 114 cm³/mol. The molecule has 0 aromatic heterocycles. The molecule has 3 rings (SSSR count). The highest BCUT2D eigenvalue weighted by Gasteiger charge is 2.04. The van der Waals surface area contributed by atoms with Gasteiger partial charge >= 0.3 is 0 Å². The van der Waals surface area contributed by atoms with E-state index in [1.165, 1.54) is 6.07 Å². The first-order chi connectivity index (χ1) is 12.7. The maximum absolute atomic E-state index is 13.6. The van der Waals surface area contributed by atoms with Gasteiger partial charge in [-0.1, -0.05) is 54.6 Å². The highest BCUT2D eigenvalue weighted by Crippen LogP contribution is 2.26. The molecule has 0 radical (unpaired) electrons. The fraction of sp³-hybridized carbons (Fsp3) is 0.182. The lowest BCUT2D eigenvalue weighted by molar-refractivity contribution is 0.304. The Morgan fingerprint density at radius 2 is 1.63 bits per heavy atom. The second kappa shape index (κ2) is 11.1. The van der Waals surface area contributed by atoms with Crippen molar-refractivity contribution in [1.82, 2.24) is 5.32 Å². The predicted octanol–water partition coefficient (Wildman–Crippen LogP) is 5.92. The Bertz CT molecular complexity index is 845. The number of hydrogen-bond donors (Lipinski definition) is 1. The summed E-state index contributed by atoms with van der Waals surface area (Å²) in [6.45, 7) is 2.00. The van der Waals surface area contributed by atoms with Crippen molar-refractivity contribution in [2.24, 2.45) is 0 Å². The summed E-state index contributed by atoms with van der Waals surface area (Å²) < 4.78 is 20.4. The van der Waals surface area contributed by atoms with Gasteiger partial charge in [0.2, 0.25) is 0 Å². The monoisotopic (exact) mass is 449 g/mol. The number of benzene rings is 3. The van der Waals surface area contributed by atoms with Crippen molar-refractivity contribution in [3.63, 3.8) is 0 Å². The van der Waals surface area contributed by atoms with Crippen molar-refractivity contribution in [2.45, 2.75) is 19.6 Å². The van der Waals surface area contributed by atoms with Gasteiger partial charge in [0.15, 0.2) is 0 Å². The van der Waals surface area contributed by atoms with Gasteiger partial charge in [-0.2, -0.15) is 0 Å². The van der Waals surface area contributed by atoms with Crippen molar-refractivity contribution in [1.29, 1.82) is 0 Å². The van der Waals surface area contributed by atoms with Crippen LogP contribution in [0.1, 0.15) is 16.7 Å². The second-order valence-corrected chi connectivity index (χ2v) is 6.91. The first kappa shape index (κ1) is 21.4. The molecule has 0 bridgehead atoms. The van der Waals surface area contributed by atoms with Gasteiger partial charge < -0.3 is 10.1 Å². The third-order valence-corrected chi connectivity index (χ3v) is 4.71. The van der Waals surface area contributed by atoms with Gasteiger partial charge in [0, 0.05) is 6.54 Å². The maximum Gasteiger partial charge on any atom is 0.134 e. The summed E-state index contributed by atoms with van der Waals surface area (Å²) in [5.74, 6) is 0.681. The zero-order valence-corrected chi connectivity index (χ0v) is 17.2. The molecule has 0 aliphatic rings. The maximum atomic E-state index is 13.6. The van der Waals surface area contributed by atoms with Crippen molar-refractivity contribution in [2.75, 3.05) is 6.54 Å². The van der Waals surface area contributed by atoms with Crippen LogP contribution in [0.4, 0.5) is 4.39 Å². The molecule has 142 valence electrons. The summed E-state index contributed by atoms with van der Waals surface area (Å²) in [4.78, 5) is 0. The Balaban J connectivity index is 0.00000261. The van der Waals surface area contributed by atoms with Gasteiger partial charge in [-0.25, -0.2) is 4.39 Å². The molecule has 0 fully saturated rings. The fourth-order valence-electron chi connectivity index (χ4n) is 2.66. The van der Waals surface area contributed by atoms with Gasteiger partial charge in [-0.3, -0.25) is 0 Å². The van der Waals surface area contributed by atoms with Gasteiger partial charge in [-0.05, 0) is 63.8 Å². The standard InChI is InChI=1S/C22H21BrFNO.ClH/c23-20-14-18(15-25-13-12-19-8-4-5-9-21(19)24)10-11-22(20)26-16-17-6-2-1-3-7-17;/h1-11,14,25H,12-13,15-16H2;1H. The molecule has 0 amide bonds. The molecular weight excluding hydrogens is 429 g/mol. The molecule has 0 aliphatic carbocycles. The average molecular weight is 451 g/mol. The summed E-state index contributed by atoms with van der Waals surface area (Å²) in [6, 6.07) is 23.1. The second-order valence-electron chi connectivity index (χ2n) is 6.06. The van der Waals surface area contributed by atoms with Crippen LogP contribution in [0.15, 0.2) is 77.3 Å². The van der Waals surface area contributed by atoms with E-state index >= 15 is 0 Å². The summed E-state index contributed by atoms with van der Waals surface area (Å²) in [7, 11) is 0. The first-order valence-electron chi connectivity index (χ1n) is 8.61. The molecule has 2 nitrogen and oxygen atoms in total. The van der Waals surface area contributed by atoms with Crippen molar-refractivity contribution >= 4 is 28.3 Å². The normalized spacial score (nSPS) is 10.3. The zero-order valence-electron chi connectivity index (χ0n) is 14.8. The van der Waals surface area contributed by atoms with Gasteiger partial charge in [0.25, 0.3) is 0 Å². The lowest BCUT2D eigenvalue weighted by atomic mass is 10.1. The molecule has 27 heavy (non-hydrogen) atoms. The molecule has 3 aromatic rings. The summed E-state index contributed by atoms with van der Waals surface area (Å²) in [6.07, 6.45) is 0.673. The van der Waals surface area contributed by atoms with E-state index in [1.54, 1.807) is 6.07 Å². The largest absolute Gasteiger partial charge is 0.488 e. The average Bonchev–Trinajstić information content (AvgIpc) is 2.67. The van der Waals surface area contributed by atoms with E-state index in [9.17, 15) is 4.39 Å². The molecule has 1 N–H and O–H groups in total. The van der Waals surface area contributed by atoms with Gasteiger partial charge in [0.1, 0.15) is 18.2 Å². The van der Waals surface area contributed by atoms with Gasteiger partial charge in [-0.15, -0.1) is 12.4 Å². The lowest BCUT2D eigenvalue weighted by Gasteiger charge is -2.11. The molecule has 0 saturated heterocycles. The van der Waals surface area contributed by atoms with Crippen LogP contribution < -0.4 is 10.1 Å². The Morgan fingerprint density at radius 1 is 0.889 bits per heavy atom. The minimum Gasteiger partial charge on any atom is -0.488 e. The van der Waals surface area contributed by atoms with Crippen LogP contribution in [0.25, 0.3) is 0 Å². The smallest absolute Gasteiger partial charge is 0.134 e. The molecular formula is C22H22BrClFNO. The van der Waals surface area contributed by atoms with E-state index in [4.69, 9.17) is 4.74 Å². The van der Waals surface area contributed by atoms with E-state index in [0.29, 0.717) is 13.0 Å². The SMILES string of the molecule is Cl.Fc1ccccc1CCNCc1ccc(OCc2ccccc2)c(Br)c1. The number of ether oxygens (including phenoxy) is 1. The molecule has 0 aliphatic heterocycles. The summed E-state index contributed by atoms with van der Waals surface area (Å²) in [5.41, 5.74) is 3.03. The minimum absolute atomic E-state index is 0. The Labute approximate surface area is 174 Å². The number of rotatable bonds is 8. The molecule has 0 saturated carbocycles. The summed E-state index contributed by atoms with van der Waals surface area (Å²) in [5, 5.41) is 3.35. The zero-order chi connectivity index (χ0) is 18.2. The van der Waals surface area contributed by atoms with Crippen LogP contribution in [0.2, 0.25) is 0 Å². The van der Waals surface area contributed by atoms with Crippen molar-refractivity contribution < 1.29 is 9.13 Å². The molecule has 0 unspecified atom stereocenters. The highest BCUT2D eigenvalue weighted by atomic mass is 79.9.